The topological polar surface area (TPSA) is 46.2 Å². The highest BCUT2D eigenvalue weighted by molar-refractivity contribution is 9.10. The highest BCUT2D eigenvalue weighted by atomic mass is 79.9. The summed E-state index contributed by atoms with van der Waals surface area (Å²) >= 11 is 8.74. The van der Waals surface area contributed by atoms with Crippen molar-refractivity contribution < 1.29 is 9.50 Å². The zero-order valence-corrected chi connectivity index (χ0v) is 9.65. The van der Waals surface area contributed by atoms with E-state index in [1.165, 1.54) is 6.07 Å². The molecule has 1 rings (SSSR count). The molecule has 0 saturated heterocycles. The average Bonchev–Trinajstić information content (AvgIpc) is 2.13. The van der Waals surface area contributed by atoms with E-state index in [-0.39, 0.29) is 10.6 Å². The summed E-state index contributed by atoms with van der Waals surface area (Å²) in [5.74, 6) is -0.595. The van der Waals surface area contributed by atoms with Crippen molar-refractivity contribution in [2.45, 2.75) is 12.5 Å². The summed E-state index contributed by atoms with van der Waals surface area (Å²) in [4.78, 5) is 0. The van der Waals surface area contributed by atoms with Gasteiger partial charge in [-0.15, -0.1) is 0 Å². The van der Waals surface area contributed by atoms with E-state index in [1.807, 2.05) is 0 Å². The standard InChI is InChI=1S/C9H10BrClFNO/c10-5-1-2-6(11)9(12)8(5)7(14)3-4-13/h1-2,7,14H,3-4,13H2/t7-/m1/s1. The lowest BCUT2D eigenvalue weighted by Crippen LogP contribution is -2.09. The van der Waals surface area contributed by atoms with Crippen LogP contribution in [0.4, 0.5) is 4.39 Å². The molecule has 0 heterocycles. The largest absolute Gasteiger partial charge is 0.388 e. The fraction of sp³-hybridized carbons (Fsp3) is 0.333. The maximum absolute atomic E-state index is 13.5. The van der Waals surface area contributed by atoms with Crippen molar-refractivity contribution in [1.29, 1.82) is 0 Å². The number of nitrogens with two attached hydrogens (primary N) is 1. The van der Waals surface area contributed by atoms with Crippen molar-refractivity contribution in [3.8, 4) is 0 Å². The molecule has 0 fully saturated rings. The monoisotopic (exact) mass is 281 g/mol. The Labute approximate surface area is 95.0 Å². The van der Waals surface area contributed by atoms with Crippen LogP contribution >= 0.6 is 27.5 Å². The molecule has 0 amide bonds. The molecule has 14 heavy (non-hydrogen) atoms. The smallest absolute Gasteiger partial charge is 0.148 e. The maximum atomic E-state index is 13.5. The van der Waals surface area contributed by atoms with Crippen LogP contribution in [0.25, 0.3) is 0 Å². The summed E-state index contributed by atoms with van der Waals surface area (Å²) in [5.41, 5.74) is 5.44. The fourth-order valence-electron chi connectivity index (χ4n) is 1.15. The average molecular weight is 283 g/mol. The lowest BCUT2D eigenvalue weighted by Gasteiger charge is -2.13. The highest BCUT2D eigenvalue weighted by Crippen LogP contribution is 2.31. The summed E-state index contributed by atoms with van der Waals surface area (Å²) in [6, 6.07) is 3.03. The van der Waals surface area contributed by atoms with Crippen LogP contribution in [-0.4, -0.2) is 11.7 Å². The minimum Gasteiger partial charge on any atom is -0.388 e. The van der Waals surface area contributed by atoms with Gasteiger partial charge in [0, 0.05) is 10.0 Å². The second-order valence-electron chi connectivity index (χ2n) is 2.85. The maximum Gasteiger partial charge on any atom is 0.148 e. The molecule has 0 aliphatic heterocycles. The summed E-state index contributed by atoms with van der Waals surface area (Å²) in [6.07, 6.45) is -0.622. The van der Waals surface area contributed by atoms with Crippen molar-refractivity contribution in [3.63, 3.8) is 0 Å². The molecule has 0 aromatic heterocycles. The molecule has 0 saturated carbocycles. The van der Waals surface area contributed by atoms with E-state index in [0.717, 1.165) is 0 Å². The lowest BCUT2D eigenvalue weighted by atomic mass is 10.1. The Hall–Kier alpha value is -0.160. The van der Waals surface area contributed by atoms with Gasteiger partial charge in [0.2, 0.25) is 0 Å². The van der Waals surface area contributed by atoms with Crippen molar-refractivity contribution in [1.82, 2.24) is 0 Å². The number of aliphatic hydroxyl groups excluding tert-OH is 1. The van der Waals surface area contributed by atoms with E-state index in [2.05, 4.69) is 15.9 Å². The molecule has 0 radical (unpaired) electrons. The molecule has 78 valence electrons. The van der Waals surface area contributed by atoms with Crippen LogP contribution in [-0.2, 0) is 0 Å². The third-order valence-electron chi connectivity index (χ3n) is 1.85. The zero-order chi connectivity index (χ0) is 10.7. The van der Waals surface area contributed by atoms with E-state index >= 15 is 0 Å². The Kier molecular flexibility index (Phi) is 4.31. The summed E-state index contributed by atoms with van der Waals surface area (Å²) in [7, 11) is 0. The van der Waals surface area contributed by atoms with Crippen molar-refractivity contribution >= 4 is 27.5 Å². The molecule has 0 aliphatic rings. The van der Waals surface area contributed by atoms with Gasteiger partial charge in [-0.2, -0.15) is 0 Å². The minimum atomic E-state index is -0.923. The number of hydrogen-bond acceptors (Lipinski definition) is 2. The van der Waals surface area contributed by atoms with Crippen LogP contribution < -0.4 is 5.73 Å². The Morgan fingerprint density at radius 3 is 2.79 bits per heavy atom. The summed E-state index contributed by atoms with van der Waals surface area (Å²) < 4.78 is 14.0. The molecule has 3 N–H and O–H groups in total. The molecule has 0 spiro atoms. The van der Waals surface area contributed by atoms with Gasteiger partial charge in [0.25, 0.3) is 0 Å². The quantitative estimate of drug-likeness (QED) is 0.837. The summed E-state index contributed by atoms with van der Waals surface area (Å²) in [5, 5.41) is 9.60. The number of benzene rings is 1. The van der Waals surface area contributed by atoms with Gasteiger partial charge in [-0.25, -0.2) is 4.39 Å². The van der Waals surface area contributed by atoms with Gasteiger partial charge in [0.1, 0.15) is 5.82 Å². The van der Waals surface area contributed by atoms with E-state index in [0.29, 0.717) is 17.4 Å². The molecule has 5 heteroatoms. The van der Waals surface area contributed by atoms with Crippen LogP contribution in [0, 0.1) is 5.82 Å². The van der Waals surface area contributed by atoms with Gasteiger partial charge in [0.05, 0.1) is 11.1 Å². The minimum absolute atomic E-state index is 0.000675. The highest BCUT2D eigenvalue weighted by Gasteiger charge is 2.17. The number of rotatable bonds is 3. The molecule has 0 bridgehead atoms. The molecular formula is C9H10BrClFNO. The van der Waals surface area contributed by atoms with Gasteiger partial charge >= 0.3 is 0 Å². The van der Waals surface area contributed by atoms with Gasteiger partial charge in [0.15, 0.2) is 0 Å². The predicted octanol–water partition coefficient (Wildman–Crippen LogP) is 2.62. The second kappa shape index (κ2) is 5.07. The van der Waals surface area contributed by atoms with Crippen LogP contribution in [0.2, 0.25) is 5.02 Å². The van der Waals surface area contributed by atoms with Crippen LogP contribution in [0.5, 0.6) is 0 Å². The van der Waals surface area contributed by atoms with E-state index < -0.39 is 11.9 Å². The number of hydrogen-bond donors (Lipinski definition) is 2. The Morgan fingerprint density at radius 1 is 1.57 bits per heavy atom. The van der Waals surface area contributed by atoms with Crippen LogP contribution in [0.1, 0.15) is 18.1 Å². The molecule has 1 atom stereocenters. The molecule has 1 aromatic rings. The molecule has 2 nitrogen and oxygen atoms in total. The van der Waals surface area contributed by atoms with Gasteiger partial charge in [-0.3, -0.25) is 0 Å². The molecule has 0 unspecified atom stereocenters. The molecule has 0 aliphatic carbocycles. The third kappa shape index (κ3) is 2.45. The first-order chi connectivity index (χ1) is 6.57. The zero-order valence-electron chi connectivity index (χ0n) is 7.30. The normalized spacial score (nSPS) is 12.9. The Balaban J connectivity index is 3.11. The van der Waals surface area contributed by atoms with E-state index in [9.17, 15) is 9.50 Å². The first-order valence-corrected chi connectivity index (χ1v) is 5.26. The molecule has 1 aromatic carbocycles. The van der Waals surface area contributed by atoms with E-state index in [4.69, 9.17) is 17.3 Å². The van der Waals surface area contributed by atoms with Crippen molar-refractivity contribution in [3.05, 3.63) is 33.0 Å². The van der Waals surface area contributed by atoms with E-state index in [1.54, 1.807) is 6.07 Å². The Bertz CT molecular complexity index is 335. The first-order valence-electron chi connectivity index (χ1n) is 4.09. The van der Waals surface area contributed by atoms with Crippen LogP contribution in [0.3, 0.4) is 0 Å². The van der Waals surface area contributed by atoms with Gasteiger partial charge < -0.3 is 10.8 Å². The summed E-state index contributed by atoms with van der Waals surface area (Å²) in [6.45, 7) is 0.291. The second-order valence-corrected chi connectivity index (χ2v) is 4.11. The van der Waals surface area contributed by atoms with Crippen LogP contribution in [0.15, 0.2) is 16.6 Å². The third-order valence-corrected chi connectivity index (χ3v) is 2.84. The lowest BCUT2D eigenvalue weighted by molar-refractivity contribution is 0.165. The Morgan fingerprint density at radius 2 is 2.21 bits per heavy atom. The first kappa shape index (κ1) is 11.9. The SMILES string of the molecule is NCC[C@@H](O)c1c(Br)ccc(Cl)c1F. The predicted molar refractivity (Wildman–Crippen MR) is 57.7 cm³/mol. The van der Waals surface area contributed by atoms with Crippen molar-refractivity contribution in [2.24, 2.45) is 5.73 Å². The van der Waals surface area contributed by atoms with Crippen molar-refractivity contribution in [2.75, 3.05) is 6.54 Å². The fourth-order valence-corrected chi connectivity index (χ4v) is 1.89. The number of aliphatic hydroxyl groups is 1. The van der Waals surface area contributed by atoms with Gasteiger partial charge in [-0.1, -0.05) is 27.5 Å². The van der Waals surface area contributed by atoms with Gasteiger partial charge in [-0.05, 0) is 25.1 Å². The molecular weight excluding hydrogens is 272 g/mol. The number of halogens is 3.